The summed E-state index contributed by atoms with van der Waals surface area (Å²) in [4.78, 5) is 32.6. The predicted octanol–water partition coefficient (Wildman–Crippen LogP) is 2.58. The minimum absolute atomic E-state index is 0.0504. The molecule has 1 aromatic carbocycles. The third-order valence-electron chi connectivity index (χ3n) is 5.51. The largest absolute Gasteiger partial charge is 0.352 e. The van der Waals surface area contributed by atoms with Gasteiger partial charge in [0.2, 0.25) is 0 Å². The molecule has 1 atom stereocenters. The second-order valence-corrected chi connectivity index (χ2v) is 7.44. The molecular weight excluding hydrogens is 366 g/mol. The third kappa shape index (κ3) is 4.29. The van der Waals surface area contributed by atoms with Gasteiger partial charge in [-0.1, -0.05) is 30.3 Å². The molecule has 2 aromatic heterocycles. The normalized spacial score (nSPS) is 16.1. The van der Waals surface area contributed by atoms with Crippen molar-refractivity contribution < 1.29 is 4.79 Å². The highest BCUT2D eigenvalue weighted by Crippen LogP contribution is 2.23. The van der Waals surface area contributed by atoms with E-state index in [0.717, 1.165) is 42.6 Å². The maximum absolute atomic E-state index is 12.6. The van der Waals surface area contributed by atoms with Gasteiger partial charge in [-0.05, 0) is 38.5 Å². The molecule has 0 spiro atoms. The fourth-order valence-electron chi connectivity index (χ4n) is 3.77. The second-order valence-electron chi connectivity index (χ2n) is 7.44. The quantitative estimate of drug-likeness (QED) is 0.654. The Morgan fingerprint density at radius 3 is 2.79 bits per heavy atom. The highest BCUT2D eigenvalue weighted by Gasteiger charge is 2.21. The lowest BCUT2D eigenvalue weighted by Gasteiger charge is -2.14. The van der Waals surface area contributed by atoms with Gasteiger partial charge in [0.1, 0.15) is 5.82 Å². The Hall–Kier alpha value is -3.22. The molecule has 1 aliphatic rings. The summed E-state index contributed by atoms with van der Waals surface area (Å²) < 4.78 is 1.74. The highest BCUT2D eigenvalue weighted by atomic mass is 16.1. The summed E-state index contributed by atoms with van der Waals surface area (Å²) in [7, 11) is 0. The molecule has 29 heavy (non-hydrogen) atoms. The average molecular weight is 391 g/mol. The first-order chi connectivity index (χ1) is 14.1. The lowest BCUT2D eigenvalue weighted by atomic mass is 10.00. The molecular formula is C22H25N5O2. The Balaban J connectivity index is 1.42. The van der Waals surface area contributed by atoms with Gasteiger partial charge in [-0.3, -0.25) is 14.3 Å². The van der Waals surface area contributed by atoms with Crippen LogP contribution in [0, 0.1) is 5.92 Å². The molecule has 0 saturated heterocycles. The molecule has 0 fully saturated rings. The van der Waals surface area contributed by atoms with Crippen LogP contribution in [0.3, 0.4) is 0 Å². The first-order valence-corrected chi connectivity index (χ1v) is 10.1. The van der Waals surface area contributed by atoms with Crippen molar-refractivity contribution in [2.75, 3.05) is 6.54 Å². The van der Waals surface area contributed by atoms with Gasteiger partial charge in [0.15, 0.2) is 0 Å². The van der Waals surface area contributed by atoms with Crippen LogP contribution in [0.1, 0.15) is 41.4 Å². The molecule has 4 rings (SSSR count). The Kier molecular flexibility index (Phi) is 5.55. The van der Waals surface area contributed by atoms with E-state index in [9.17, 15) is 9.59 Å². The summed E-state index contributed by atoms with van der Waals surface area (Å²) >= 11 is 0. The summed E-state index contributed by atoms with van der Waals surface area (Å²) in [6, 6.07) is 9.70. The van der Waals surface area contributed by atoms with Gasteiger partial charge in [0.05, 0.1) is 17.5 Å². The highest BCUT2D eigenvalue weighted by molar-refractivity contribution is 5.93. The molecule has 1 aliphatic carbocycles. The molecule has 150 valence electrons. The standard InChI is InChI=1S/C22H25N5O2/c1-2-27-14-17(13-24-27)21(28)23-12-15-8-10-18-19(11-9-15)25-20(26-22(18)29)16-6-4-3-5-7-16/h3-7,13-15H,2,8-12H2,1H3,(H,23,28)(H,25,26,29). The Morgan fingerprint density at radius 1 is 1.24 bits per heavy atom. The topological polar surface area (TPSA) is 92.7 Å². The van der Waals surface area contributed by atoms with Gasteiger partial charge in [-0.15, -0.1) is 0 Å². The molecule has 0 saturated carbocycles. The van der Waals surface area contributed by atoms with Crippen molar-refractivity contribution in [1.82, 2.24) is 25.1 Å². The molecule has 1 unspecified atom stereocenters. The molecule has 0 radical (unpaired) electrons. The Morgan fingerprint density at radius 2 is 2.03 bits per heavy atom. The van der Waals surface area contributed by atoms with E-state index in [1.165, 1.54) is 0 Å². The molecule has 2 heterocycles. The number of fused-ring (bicyclic) bond motifs is 1. The smallest absolute Gasteiger partial charge is 0.254 e. The Labute approximate surface area is 169 Å². The van der Waals surface area contributed by atoms with E-state index in [1.807, 2.05) is 37.3 Å². The van der Waals surface area contributed by atoms with E-state index in [4.69, 9.17) is 4.98 Å². The number of aromatic nitrogens is 4. The number of benzene rings is 1. The van der Waals surface area contributed by atoms with Crippen LogP contribution in [0.25, 0.3) is 11.4 Å². The number of hydrogen-bond donors (Lipinski definition) is 2. The van der Waals surface area contributed by atoms with E-state index in [1.54, 1.807) is 17.1 Å². The molecule has 1 amide bonds. The lowest BCUT2D eigenvalue weighted by molar-refractivity contribution is 0.0945. The molecule has 2 N–H and O–H groups in total. The number of carbonyl (C=O) groups is 1. The number of aromatic amines is 1. The van der Waals surface area contributed by atoms with Crippen LogP contribution in [0.2, 0.25) is 0 Å². The predicted molar refractivity (Wildman–Crippen MR) is 111 cm³/mol. The number of nitrogens with zero attached hydrogens (tertiary/aromatic N) is 3. The minimum atomic E-state index is -0.103. The van der Waals surface area contributed by atoms with Crippen LogP contribution in [0.15, 0.2) is 47.5 Å². The molecule has 7 nitrogen and oxygen atoms in total. The van der Waals surface area contributed by atoms with Gasteiger partial charge in [-0.25, -0.2) is 4.98 Å². The fraction of sp³-hybridized carbons (Fsp3) is 0.364. The van der Waals surface area contributed by atoms with Gasteiger partial charge >= 0.3 is 0 Å². The number of amides is 1. The number of aryl methyl sites for hydroxylation is 2. The maximum Gasteiger partial charge on any atom is 0.254 e. The van der Waals surface area contributed by atoms with Crippen molar-refractivity contribution in [3.63, 3.8) is 0 Å². The number of carbonyl (C=O) groups excluding carboxylic acids is 1. The van der Waals surface area contributed by atoms with Crippen molar-refractivity contribution in [1.29, 1.82) is 0 Å². The van der Waals surface area contributed by atoms with Crippen molar-refractivity contribution in [2.45, 2.75) is 39.2 Å². The molecule has 0 bridgehead atoms. The zero-order valence-electron chi connectivity index (χ0n) is 16.5. The van der Waals surface area contributed by atoms with Gasteiger partial charge in [0, 0.05) is 30.4 Å². The van der Waals surface area contributed by atoms with Crippen molar-refractivity contribution >= 4 is 5.91 Å². The summed E-state index contributed by atoms with van der Waals surface area (Å²) in [6.07, 6.45) is 6.53. The van der Waals surface area contributed by atoms with E-state index in [0.29, 0.717) is 30.3 Å². The summed E-state index contributed by atoms with van der Waals surface area (Å²) in [5, 5.41) is 7.16. The average Bonchev–Trinajstić information content (AvgIpc) is 3.14. The van der Waals surface area contributed by atoms with E-state index < -0.39 is 0 Å². The van der Waals surface area contributed by atoms with Crippen LogP contribution in [-0.4, -0.2) is 32.2 Å². The number of hydrogen-bond acceptors (Lipinski definition) is 4. The van der Waals surface area contributed by atoms with Crippen LogP contribution in [0.4, 0.5) is 0 Å². The SMILES string of the molecule is CCn1cc(C(=O)NCC2CCc3nc(-c4ccccc4)[nH]c(=O)c3CC2)cn1. The monoisotopic (exact) mass is 391 g/mol. The maximum atomic E-state index is 12.6. The first kappa shape index (κ1) is 19.1. The zero-order chi connectivity index (χ0) is 20.2. The van der Waals surface area contributed by atoms with E-state index >= 15 is 0 Å². The van der Waals surface area contributed by atoms with E-state index in [2.05, 4.69) is 15.4 Å². The van der Waals surface area contributed by atoms with Crippen LogP contribution < -0.4 is 10.9 Å². The number of nitrogens with one attached hydrogen (secondary N) is 2. The van der Waals surface area contributed by atoms with Crippen molar-refractivity contribution in [3.8, 4) is 11.4 Å². The summed E-state index contributed by atoms with van der Waals surface area (Å²) in [5.74, 6) is 0.830. The van der Waals surface area contributed by atoms with Crippen molar-refractivity contribution in [2.24, 2.45) is 5.92 Å². The Bertz CT molecular complexity index is 1050. The van der Waals surface area contributed by atoms with Crippen LogP contribution >= 0.6 is 0 Å². The number of rotatable bonds is 5. The lowest BCUT2D eigenvalue weighted by Crippen LogP contribution is -2.29. The summed E-state index contributed by atoms with van der Waals surface area (Å²) in [6.45, 7) is 3.31. The first-order valence-electron chi connectivity index (χ1n) is 10.1. The zero-order valence-corrected chi connectivity index (χ0v) is 16.5. The minimum Gasteiger partial charge on any atom is -0.352 e. The van der Waals surface area contributed by atoms with Gasteiger partial charge < -0.3 is 10.3 Å². The second kappa shape index (κ2) is 8.43. The molecule has 0 aliphatic heterocycles. The summed E-state index contributed by atoms with van der Waals surface area (Å²) in [5.41, 5.74) is 3.10. The fourth-order valence-corrected chi connectivity index (χ4v) is 3.77. The third-order valence-corrected chi connectivity index (χ3v) is 5.51. The number of H-pyrrole nitrogens is 1. The molecule has 7 heteroatoms. The van der Waals surface area contributed by atoms with E-state index in [-0.39, 0.29) is 11.5 Å². The van der Waals surface area contributed by atoms with Crippen molar-refractivity contribution in [3.05, 3.63) is 69.9 Å². The van der Waals surface area contributed by atoms with Crippen LogP contribution in [-0.2, 0) is 19.4 Å². The molecule has 3 aromatic rings. The van der Waals surface area contributed by atoms with Gasteiger partial charge in [-0.2, -0.15) is 5.10 Å². The van der Waals surface area contributed by atoms with Gasteiger partial charge in [0.25, 0.3) is 11.5 Å². The van der Waals surface area contributed by atoms with Crippen LogP contribution in [0.5, 0.6) is 0 Å².